The van der Waals surface area contributed by atoms with Crippen LogP contribution < -0.4 is 0 Å². The van der Waals surface area contributed by atoms with Gasteiger partial charge >= 0.3 is 6.09 Å². The lowest BCUT2D eigenvalue weighted by atomic mass is 10.0. The summed E-state index contributed by atoms with van der Waals surface area (Å²) in [4.78, 5) is 16.2. The number of likely N-dealkylation sites (tertiary alicyclic amines) is 1. The van der Waals surface area contributed by atoms with Gasteiger partial charge in [0.1, 0.15) is 5.60 Å². The van der Waals surface area contributed by atoms with Gasteiger partial charge < -0.3 is 14.4 Å². The molecule has 1 aliphatic rings. The maximum absolute atomic E-state index is 11.9. The summed E-state index contributed by atoms with van der Waals surface area (Å²) in [5, 5.41) is 3.67. The monoisotopic (exact) mass is 256 g/mol. The summed E-state index contributed by atoms with van der Waals surface area (Å²) in [5.41, 5.74) is 7.99. The molecule has 0 aliphatic carbocycles. The summed E-state index contributed by atoms with van der Waals surface area (Å²) in [5.74, 6) is 0. The molecular formula is C11H20N4O3. The fraction of sp³-hybridized carbons (Fsp3) is 0.909. The van der Waals surface area contributed by atoms with Crippen LogP contribution in [0.15, 0.2) is 5.11 Å². The fourth-order valence-corrected chi connectivity index (χ4v) is 1.85. The number of azide groups is 1. The Balaban J connectivity index is 2.65. The molecule has 0 aromatic heterocycles. The van der Waals surface area contributed by atoms with E-state index in [1.807, 2.05) is 20.8 Å². The minimum atomic E-state index is -0.525. The largest absolute Gasteiger partial charge is 0.444 e. The van der Waals surface area contributed by atoms with Crippen LogP contribution in [0, 0.1) is 0 Å². The number of ether oxygens (including phenoxy) is 2. The summed E-state index contributed by atoms with van der Waals surface area (Å²) in [6, 6.07) is -0.360. The van der Waals surface area contributed by atoms with Crippen LogP contribution in [0.3, 0.4) is 0 Å². The molecule has 102 valence electrons. The molecule has 18 heavy (non-hydrogen) atoms. The van der Waals surface area contributed by atoms with E-state index in [1.54, 1.807) is 12.0 Å². The Morgan fingerprint density at radius 2 is 2.17 bits per heavy atom. The van der Waals surface area contributed by atoms with E-state index in [1.165, 1.54) is 0 Å². The highest BCUT2D eigenvalue weighted by Gasteiger charge is 2.32. The van der Waals surface area contributed by atoms with Crippen LogP contribution in [0.2, 0.25) is 0 Å². The minimum absolute atomic E-state index is 0.139. The van der Waals surface area contributed by atoms with E-state index < -0.39 is 5.60 Å². The predicted octanol–water partition coefficient (Wildman–Crippen LogP) is 2.32. The number of carbonyl (C=O) groups excluding carboxylic acids is 1. The molecule has 7 heteroatoms. The molecule has 7 nitrogen and oxygen atoms in total. The second-order valence-corrected chi connectivity index (χ2v) is 5.26. The molecule has 2 atom stereocenters. The van der Waals surface area contributed by atoms with Gasteiger partial charge in [0.25, 0.3) is 0 Å². The molecule has 1 saturated heterocycles. The maximum atomic E-state index is 11.9. The molecule has 0 aromatic rings. The smallest absolute Gasteiger partial charge is 0.410 e. The molecule has 0 radical (unpaired) electrons. The molecule has 0 bridgehead atoms. The maximum Gasteiger partial charge on any atom is 0.410 e. The lowest BCUT2D eigenvalue weighted by Gasteiger charge is -2.36. The van der Waals surface area contributed by atoms with Crippen LogP contribution in [0.1, 0.15) is 27.2 Å². The average Bonchev–Trinajstić information content (AvgIpc) is 2.27. The van der Waals surface area contributed by atoms with Crippen molar-refractivity contribution < 1.29 is 14.3 Å². The van der Waals surface area contributed by atoms with Gasteiger partial charge in [0.05, 0.1) is 12.1 Å². The Hall–Kier alpha value is -1.46. The number of nitrogens with zero attached hydrogens (tertiary/aromatic N) is 4. The first-order chi connectivity index (χ1) is 8.37. The highest BCUT2D eigenvalue weighted by molar-refractivity contribution is 5.68. The molecule has 0 saturated carbocycles. The second kappa shape index (κ2) is 5.93. The van der Waals surface area contributed by atoms with Gasteiger partial charge in [-0.05, 0) is 32.7 Å². The van der Waals surface area contributed by atoms with Crippen LogP contribution in [0.4, 0.5) is 4.79 Å². The number of hydrogen-bond donors (Lipinski definition) is 0. The van der Waals surface area contributed by atoms with Gasteiger partial charge in [0.15, 0.2) is 0 Å². The third-order valence-corrected chi connectivity index (χ3v) is 2.67. The van der Waals surface area contributed by atoms with E-state index >= 15 is 0 Å². The van der Waals surface area contributed by atoms with Gasteiger partial charge in [0.2, 0.25) is 0 Å². The van der Waals surface area contributed by atoms with E-state index in [0.29, 0.717) is 19.5 Å². The SMILES string of the molecule is CO[C@@H]1CCN(C(=O)OC(C)(C)C)CC1N=[N+]=[N-]. The molecule has 0 N–H and O–H groups in total. The van der Waals surface area contributed by atoms with E-state index in [2.05, 4.69) is 10.0 Å². The standard InChI is InChI=1S/C11H20N4O3/c1-11(2,3)18-10(16)15-6-5-9(17-4)8(7-15)13-14-12/h8-9H,5-7H2,1-4H3/t8?,9-/m1/s1. The Morgan fingerprint density at radius 3 is 2.67 bits per heavy atom. The molecule has 1 amide bonds. The van der Waals surface area contributed by atoms with Gasteiger partial charge in [-0.3, -0.25) is 0 Å². The van der Waals surface area contributed by atoms with Crippen molar-refractivity contribution in [3.8, 4) is 0 Å². The highest BCUT2D eigenvalue weighted by Crippen LogP contribution is 2.19. The molecule has 1 heterocycles. The van der Waals surface area contributed by atoms with Crippen molar-refractivity contribution in [3.05, 3.63) is 10.4 Å². The zero-order chi connectivity index (χ0) is 13.8. The quantitative estimate of drug-likeness (QED) is 0.431. The third-order valence-electron chi connectivity index (χ3n) is 2.67. The highest BCUT2D eigenvalue weighted by atomic mass is 16.6. The number of rotatable bonds is 2. The second-order valence-electron chi connectivity index (χ2n) is 5.26. The Morgan fingerprint density at radius 1 is 1.50 bits per heavy atom. The summed E-state index contributed by atoms with van der Waals surface area (Å²) in [6.07, 6.45) is 0.120. The number of hydrogen-bond acceptors (Lipinski definition) is 4. The number of piperidine rings is 1. The van der Waals surface area contributed by atoms with Gasteiger partial charge in [-0.1, -0.05) is 5.11 Å². The van der Waals surface area contributed by atoms with Crippen molar-refractivity contribution >= 4 is 6.09 Å². The predicted molar refractivity (Wildman–Crippen MR) is 66.2 cm³/mol. The van der Waals surface area contributed by atoms with E-state index in [4.69, 9.17) is 15.0 Å². The van der Waals surface area contributed by atoms with Crippen LogP contribution in [-0.2, 0) is 9.47 Å². The van der Waals surface area contributed by atoms with Gasteiger partial charge in [0, 0.05) is 25.1 Å². The topological polar surface area (TPSA) is 87.5 Å². The fourth-order valence-electron chi connectivity index (χ4n) is 1.85. The average molecular weight is 256 g/mol. The number of carbonyl (C=O) groups is 1. The first-order valence-corrected chi connectivity index (χ1v) is 5.92. The Labute approximate surface area is 107 Å². The summed E-state index contributed by atoms with van der Waals surface area (Å²) >= 11 is 0. The zero-order valence-corrected chi connectivity index (χ0v) is 11.3. The molecule has 1 aliphatic heterocycles. The van der Waals surface area contributed by atoms with Crippen LogP contribution in [0.25, 0.3) is 10.4 Å². The third kappa shape index (κ3) is 4.09. The minimum Gasteiger partial charge on any atom is -0.444 e. The van der Waals surface area contributed by atoms with Crippen molar-refractivity contribution in [1.82, 2.24) is 4.90 Å². The normalized spacial score (nSPS) is 24.3. The van der Waals surface area contributed by atoms with Gasteiger partial charge in [-0.25, -0.2) is 4.79 Å². The van der Waals surface area contributed by atoms with E-state index in [9.17, 15) is 4.79 Å². The van der Waals surface area contributed by atoms with E-state index in [0.717, 1.165) is 0 Å². The Kier molecular flexibility index (Phi) is 4.81. The lowest BCUT2D eigenvalue weighted by molar-refractivity contribution is -0.00562. The van der Waals surface area contributed by atoms with Crippen molar-refractivity contribution in [2.75, 3.05) is 20.2 Å². The first-order valence-electron chi connectivity index (χ1n) is 5.92. The molecule has 0 aromatic carbocycles. The first kappa shape index (κ1) is 14.6. The van der Waals surface area contributed by atoms with E-state index in [-0.39, 0.29) is 18.2 Å². The number of methoxy groups -OCH3 is 1. The Bertz CT molecular complexity index is 347. The molecule has 1 unspecified atom stereocenters. The van der Waals surface area contributed by atoms with Crippen molar-refractivity contribution in [2.24, 2.45) is 5.11 Å². The summed E-state index contributed by atoms with van der Waals surface area (Å²) in [6.45, 7) is 6.33. The zero-order valence-electron chi connectivity index (χ0n) is 11.3. The summed E-state index contributed by atoms with van der Waals surface area (Å²) < 4.78 is 10.5. The van der Waals surface area contributed by atoms with Crippen molar-refractivity contribution in [1.29, 1.82) is 0 Å². The number of amides is 1. The van der Waals surface area contributed by atoms with Crippen LogP contribution in [0.5, 0.6) is 0 Å². The van der Waals surface area contributed by atoms with Crippen LogP contribution in [-0.4, -0.2) is 48.9 Å². The van der Waals surface area contributed by atoms with Gasteiger partial charge in [-0.2, -0.15) is 0 Å². The molecule has 1 fully saturated rings. The summed E-state index contributed by atoms with van der Waals surface area (Å²) in [7, 11) is 1.58. The van der Waals surface area contributed by atoms with Crippen molar-refractivity contribution in [3.63, 3.8) is 0 Å². The molecule has 0 spiro atoms. The molecule has 1 rings (SSSR count). The van der Waals surface area contributed by atoms with Gasteiger partial charge in [-0.15, -0.1) is 0 Å². The van der Waals surface area contributed by atoms with Crippen LogP contribution >= 0.6 is 0 Å². The lowest BCUT2D eigenvalue weighted by Crippen LogP contribution is -2.50. The van der Waals surface area contributed by atoms with Crippen molar-refractivity contribution in [2.45, 2.75) is 44.9 Å². The molecular weight excluding hydrogens is 236 g/mol.